The third kappa shape index (κ3) is 2.33. The zero-order valence-electron chi connectivity index (χ0n) is 9.01. The van der Waals surface area contributed by atoms with Gasteiger partial charge in [0.05, 0.1) is 11.5 Å². The summed E-state index contributed by atoms with van der Waals surface area (Å²) in [5.74, 6) is -0.518. The van der Waals surface area contributed by atoms with E-state index < -0.39 is 10.7 Å². The number of rotatable bonds is 3. The van der Waals surface area contributed by atoms with Gasteiger partial charge in [0.25, 0.3) is 0 Å². The molecule has 0 atom stereocenters. The lowest BCUT2D eigenvalue weighted by Crippen LogP contribution is -2.08. The Bertz CT molecular complexity index is 614. The van der Waals surface area contributed by atoms with Crippen LogP contribution in [0.3, 0.4) is 0 Å². The fourth-order valence-corrected chi connectivity index (χ4v) is 1.89. The van der Waals surface area contributed by atoms with Gasteiger partial charge in [-0.15, -0.1) is 0 Å². The molecule has 0 bridgehead atoms. The van der Waals surface area contributed by atoms with Crippen LogP contribution >= 0.6 is 15.9 Å². The summed E-state index contributed by atoms with van der Waals surface area (Å²) in [7, 11) is 0. The van der Waals surface area contributed by atoms with E-state index in [-0.39, 0.29) is 18.1 Å². The molecule has 2 N–H and O–H groups in total. The molecule has 0 radical (unpaired) electrons. The monoisotopic (exact) mass is 314 g/mol. The van der Waals surface area contributed by atoms with Crippen molar-refractivity contribution in [1.29, 1.82) is 0 Å². The number of nitrogens with zero attached hydrogens (tertiary/aromatic N) is 3. The zero-order valence-corrected chi connectivity index (χ0v) is 10.6. The van der Waals surface area contributed by atoms with Crippen LogP contribution in [0.25, 0.3) is 0 Å². The molecule has 94 valence electrons. The Morgan fingerprint density at radius 3 is 2.89 bits per heavy atom. The molecule has 0 amide bonds. The number of hydrogen-bond acceptors (Lipinski definition) is 4. The number of halogens is 2. The van der Waals surface area contributed by atoms with E-state index in [1.165, 1.54) is 10.7 Å². The van der Waals surface area contributed by atoms with Crippen LogP contribution in [0.2, 0.25) is 0 Å². The second-order valence-corrected chi connectivity index (χ2v) is 4.48. The van der Waals surface area contributed by atoms with Crippen molar-refractivity contribution in [3.63, 3.8) is 0 Å². The molecule has 6 nitrogen and oxygen atoms in total. The Labute approximate surface area is 109 Å². The van der Waals surface area contributed by atoms with E-state index in [9.17, 15) is 14.5 Å². The third-order valence-electron chi connectivity index (χ3n) is 2.38. The van der Waals surface area contributed by atoms with E-state index in [2.05, 4.69) is 21.0 Å². The normalized spacial score (nSPS) is 10.6. The molecule has 8 heteroatoms. The van der Waals surface area contributed by atoms with Crippen LogP contribution in [-0.2, 0) is 6.54 Å². The first-order valence-corrected chi connectivity index (χ1v) is 5.68. The van der Waals surface area contributed by atoms with Crippen molar-refractivity contribution >= 4 is 27.4 Å². The van der Waals surface area contributed by atoms with Gasteiger partial charge in [-0.1, -0.05) is 15.9 Å². The first kappa shape index (κ1) is 12.5. The van der Waals surface area contributed by atoms with Crippen molar-refractivity contribution in [1.82, 2.24) is 9.78 Å². The highest BCUT2D eigenvalue weighted by molar-refractivity contribution is 9.10. The van der Waals surface area contributed by atoms with E-state index >= 15 is 0 Å². The molecule has 0 aliphatic rings. The molecule has 1 aromatic heterocycles. The van der Waals surface area contributed by atoms with E-state index in [0.29, 0.717) is 10.0 Å². The van der Waals surface area contributed by atoms with Crippen LogP contribution in [0.1, 0.15) is 5.56 Å². The summed E-state index contributed by atoms with van der Waals surface area (Å²) in [6.45, 7) is 0.0327. The number of benzene rings is 1. The van der Waals surface area contributed by atoms with Gasteiger partial charge in [0.2, 0.25) is 5.82 Å². The van der Waals surface area contributed by atoms with Gasteiger partial charge in [0.15, 0.2) is 0 Å². The number of aromatic nitrogens is 2. The first-order chi connectivity index (χ1) is 8.49. The van der Waals surface area contributed by atoms with Gasteiger partial charge in [0.1, 0.15) is 12.0 Å². The molecule has 2 rings (SSSR count). The van der Waals surface area contributed by atoms with Crippen molar-refractivity contribution < 1.29 is 9.31 Å². The predicted octanol–water partition coefficient (Wildman–Crippen LogP) is 2.32. The minimum absolute atomic E-state index is 0.0327. The van der Waals surface area contributed by atoms with Crippen molar-refractivity contribution in [2.75, 3.05) is 5.73 Å². The van der Waals surface area contributed by atoms with E-state index in [4.69, 9.17) is 5.73 Å². The molecule has 0 saturated heterocycles. The molecule has 0 spiro atoms. The fraction of sp³-hybridized carbons (Fsp3) is 0.100. The summed E-state index contributed by atoms with van der Waals surface area (Å²) in [4.78, 5) is 9.97. The molecular weight excluding hydrogens is 307 g/mol. The summed E-state index contributed by atoms with van der Waals surface area (Å²) in [6, 6.07) is 4.43. The largest absolute Gasteiger partial charge is 0.378 e. The summed E-state index contributed by atoms with van der Waals surface area (Å²) >= 11 is 3.22. The van der Waals surface area contributed by atoms with Crippen molar-refractivity contribution in [2.24, 2.45) is 0 Å². The van der Waals surface area contributed by atoms with Crippen LogP contribution in [-0.4, -0.2) is 14.7 Å². The maximum atomic E-state index is 13.5. The Morgan fingerprint density at radius 1 is 1.56 bits per heavy atom. The molecular formula is C10H8BrFN4O2. The van der Waals surface area contributed by atoms with Gasteiger partial charge in [-0.2, -0.15) is 5.10 Å². The zero-order chi connectivity index (χ0) is 13.3. The molecule has 1 heterocycles. The Kier molecular flexibility index (Phi) is 3.28. The quantitative estimate of drug-likeness (QED) is 0.695. The average molecular weight is 315 g/mol. The number of nitrogen functional groups attached to an aromatic ring is 1. The minimum atomic E-state index is -0.629. The molecule has 18 heavy (non-hydrogen) atoms. The maximum Gasteiger partial charge on any atom is 0.330 e. The lowest BCUT2D eigenvalue weighted by Gasteiger charge is -2.05. The van der Waals surface area contributed by atoms with Crippen LogP contribution < -0.4 is 5.73 Å². The molecule has 1 aromatic carbocycles. The van der Waals surface area contributed by atoms with Gasteiger partial charge >= 0.3 is 5.69 Å². The summed E-state index contributed by atoms with van der Waals surface area (Å²) < 4.78 is 15.4. The van der Waals surface area contributed by atoms with Gasteiger partial charge < -0.3 is 5.73 Å². The van der Waals surface area contributed by atoms with Crippen molar-refractivity contribution in [2.45, 2.75) is 6.54 Å². The third-order valence-corrected chi connectivity index (χ3v) is 2.88. The van der Waals surface area contributed by atoms with E-state index in [1.807, 2.05) is 0 Å². The lowest BCUT2D eigenvalue weighted by molar-refractivity contribution is -0.384. The Morgan fingerprint density at radius 2 is 2.28 bits per heavy atom. The highest BCUT2D eigenvalue weighted by atomic mass is 79.9. The minimum Gasteiger partial charge on any atom is -0.378 e. The standard InChI is InChI=1S/C10H8BrFN4O2/c11-7-1-2-8(12)6(3-7)5-15-10(13)9(4-14-15)16(17)18/h1-4H,5,13H2. The van der Waals surface area contributed by atoms with E-state index in [1.54, 1.807) is 12.1 Å². The maximum absolute atomic E-state index is 13.5. The second kappa shape index (κ2) is 4.73. The first-order valence-electron chi connectivity index (χ1n) is 4.88. The topological polar surface area (TPSA) is 87.0 Å². The van der Waals surface area contributed by atoms with Crippen LogP contribution in [0.4, 0.5) is 15.9 Å². The molecule has 0 saturated carbocycles. The molecule has 2 aromatic rings. The summed E-state index contributed by atoms with van der Waals surface area (Å²) in [6.07, 6.45) is 1.05. The number of hydrogen-bond donors (Lipinski definition) is 1. The van der Waals surface area contributed by atoms with Gasteiger partial charge in [-0.25, -0.2) is 9.07 Å². The lowest BCUT2D eigenvalue weighted by atomic mass is 10.2. The van der Waals surface area contributed by atoms with Crippen molar-refractivity contribution in [3.05, 3.63) is 50.4 Å². The van der Waals surface area contributed by atoms with Gasteiger partial charge in [-0.05, 0) is 18.2 Å². The van der Waals surface area contributed by atoms with Crippen LogP contribution in [0, 0.1) is 15.9 Å². The van der Waals surface area contributed by atoms with Crippen molar-refractivity contribution in [3.8, 4) is 0 Å². The number of nitrogens with two attached hydrogens (primary N) is 1. The number of nitro groups is 1. The van der Waals surface area contributed by atoms with E-state index in [0.717, 1.165) is 6.20 Å². The predicted molar refractivity (Wildman–Crippen MR) is 66.5 cm³/mol. The van der Waals surface area contributed by atoms with Gasteiger partial charge in [-0.3, -0.25) is 10.1 Å². The fourth-order valence-electron chi connectivity index (χ4n) is 1.48. The smallest absolute Gasteiger partial charge is 0.330 e. The summed E-state index contributed by atoms with van der Waals surface area (Å²) in [5.41, 5.74) is 5.62. The summed E-state index contributed by atoms with van der Waals surface area (Å²) in [5, 5.41) is 14.4. The van der Waals surface area contributed by atoms with Gasteiger partial charge in [0, 0.05) is 10.0 Å². The van der Waals surface area contributed by atoms with Crippen LogP contribution in [0.15, 0.2) is 28.9 Å². The Hall–Kier alpha value is -1.96. The SMILES string of the molecule is Nc1c([N+](=O)[O-])cnn1Cc1cc(Br)ccc1F. The molecule has 0 fully saturated rings. The molecule has 0 aliphatic heterocycles. The number of anilines is 1. The Balaban J connectivity index is 2.34. The second-order valence-electron chi connectivity index (χ2n) is 3.57. The molecule has 0 aliphatic carbocycles. The van der Waals surface area contributed by atoms with Crippen LogP contribution in [0.5, 0.6) is 0 Å². The molecule has 0 unspecified atom stereocenters. The highest BCUT2D eigenvalue weighted by Gasteiger charge is 2.18. The average Bonchev–Trinajstić information content (AvgIpc) is 2.66. The highest BCUT2D eigenvalue weighted by Crippen LogP contribution is 2.22.